The molecule has 0 bridgehead atoms. The minimum Gasteiger partial charge on any atom is -0.444 e. The van der Waals surface area contributed by atoms with Gasteiger partial charge < -0.3 is 21.5 Å². The Morgan fingerprint density at radius 3 is 2.40 bits per heavy atom. The molecular formula is C33H33N7O3. The molecule has 5 N–H and O–H groups in total. The van der Waals surface area contributed by atoms with Gasteiger partial charge in [-0.3, -0.25) is 9.36 Å². The molecule has 0 unspecified atom stereocenters. The van der Waals surface area contributed by atoms with Gasteiger partial charge in [-0.1, -0.05) is 24.3 Å². The molecule has 1 aliphatic rings. The van der Waals surface area contributed by atoms with Crippen LogP contribution in [-0.4, -0.2) is 37.1 Å². The number of nitrogens with one attached hydrogen (secondary N) is 1. The first-order valence-corrected chi connectivity index (χ1v) is 14.2. The van der Waals surface area contributed by atoms with Gasteiger partial charge in [0.15, 0.2) is 11.5 Å². The molecule has 1 saturated carbocycles. The van der Waals surface area contributed by atoms with Gasteiger partial charge in [-0.25, -0.2) is 19.7 Å². The van der Waals surface area contributed by atoms with Crippen LogP contribution in [0.1, 0.15) is 56.0 Å². The van der Waals surface area contributed by atoms with Crippen molar-refractivity contribution in [2.45, 2.75) is 51.2 Å². The van der Waals surface area contributed by atoms with Crippen molar-refractivity contribution in [2.75, 3.05) is 5.73 Å². The molecule has 0 saturated heterocycles. The molecular weight excluding hydrogens is 542 g/mol. The van der Waals surface area contributed by atoms with Gasteiger partial charge in [0, 0.05) is 23.0 Å². The Bertz CT molecular complexity index is 1850. The van der Waals surface area contributed by atoms with Crippen molar-refractivity contribution < 1.29 is 14.3 Å². The lowest BCUT2D eigenvalue weighted by Crippen LogP contribution is -2.52. The Hall–Kier alpha value is -5.25. The van der Waals surface area contributed by atoms with Crippen molar-refractivity contribution in [3.8, 4) is 28.3 Å². The summed E-state index contributed by atoms with van der Waals surface area (Å²) in [6, 6.07) is 22.5. The number of imidazole rings is 1. The fourth-order valence-electron chi connectivity index (χ4n) is 5.43. The number of ether oxygens (including phenoxy) is 1. The fraction of sp³-hybridized carbons (Fsp3) is 0.242. The Labute approximate surface area is 249 Å². The van der Waals surface area contributed by atoms with Crippen LogP contribution in [0.15, 0.2) is 79.0 Å². The molecule has 2 amide bonds. The number of amides is 2. The zero-order chi connectivity index (χ0) is 30.4. The van der Waals surface area contributed by atoms with Crippen molar-refractivity contribution in [3.05, 3.63) is 90.1 Å². The van der Waals surface area contributed by atoms with E-state index in [1.807, 2.05) is 79.9 Å². The van der Waals surface area contributed by atoms with Crippen LogP contribution < -0.4 is 16.8 Å². The van der Waals surface area contributed by atoms with E-state index in [2.05, 4.69) is 10.3 Å². The highest BCUT2D eigenvalue weighted by Gasteiger charge is 2.41. The average molecular weight is 576 g/mol. The van der Waals surface area contributed by atoms with Gasteiger partial charge in [-0.05, 0) is 94.1 Å². The molecule has 6 rings (SSSR count). The number of nitrogens with zero attached hydrogens (tertiary/aromatic N) is 4. The number of nitrogen functional groups attached to an aromatic ring is 1. The van der Waals surface area contributed by atoms with Crippen LogP contribution in [-0.2, 0) is 10.3 Å². The van der Waals surface area contributed by atoms with E-state index >= 15 is 0 Å². The molecule has 3 heterocycles. The summed E-state index contributed by atoms with van der Waals surface area (Å²) in [5.41, 5.74) is 16.3. The first kappa shape index (κ1) is 27.9. The second-order valence-electron chi connectivity index (χ2n) is 11.8. The van der Waals surface area contributed by atoms with Gasteiger partial charge in [0.25, 0.3) is 0 Å². The predicted octanol–water partition coefficient (Wildman–Crippen LogP) is 5.73. The van der Waals surface area contributed by atoms with Crippen LogP contribution in [0.5, 0.6) is 0 Å². The van der Waals surface area contributed by atoms with Crippen molar-refractivity contribution >= 4 is 29.0 Å². The van der Waals surface area contributed by atoms with Crippen molar-refractivity contribution in [2.24, 2.45) is 5.73 Å². The van der Waals surface area contributed by atoms with Crippen molar-refractivity contribution in [1.29, 1.82) is 0 Å². The predicted molar refractivity (Wildman–Crippen MR) is 165 cm³/mol. The smallest absolute Gasteiger partial charge is 0.408 e. The number of aromatic nitrogens is 4. The summed E-state index contributed by atoms with van der Waals surface area (Å²) in [4.78, 5) is 38.7. The van der Waals surface area contributed by atoms with Gasteiger partial charge >= 0.3 is 6.09 Å². The van der Waals surface area contributed by atoms with E-state index in [0.717, 1.165) is 36.1 Å². The molecule has 10 heteroatoms. The van der Waals surface area contributed by atoms with Crippen molar-refractivity contribution in [3.63, 3.8) is 0 Å². The van der Waals surface area contributed by atoms with Crippen LogP contribution in [0, 0.1) is 0 Å². The number of hydrogen-bond acceptors (Lipinski definition) is 7. The Morgan fingerprint density at radius 1 is 0.977 bits per heavy atom. The third kappa shape index (κ3) is 5.39. The summed E-state index contributed by atoms with van der Waals surface area (Å²) < 4.78 is 7.50. The highest BCUT2D eigenvalue weighted by atomic mass is 16.6. The minimum atomic E-state index is -0.584. The average Bonchev–Trinajstić information content (AvgIpc) is 3.33. The zero-order valence-electron chi connectivity index (χ0n) is 24.3. The maximum absolute atomic E-state index is 12.7. The second-order valence-corrected chi connectivity index (χ2v) is 11.8. The summed E-state index contributed by atoms with van der Waals surface area (Å²) in [6.07, 6.45) is 3.87. The number of alkyl carbamates (subject to hydrolysis) is 1. The van der Waals surface area contributed by atoms with Crippen LogP contribution in [0.3, 0.4) is 0 Å². The number of nitrogens with two attached hydrogens (primary N) is 2. The largest absolute Gasteiger partial charge is 0.444 e. The van der Waals surface area contributed by atoms with E-state index in [1.54, 1.807) is 24.4 Å². The number of anilines is 1. The molecule has 1 fully saturated rings. The second kappa shape index (κ2) is 10.5. The first-order chi connectivity index (χ1) is 20.5. The number of fused-ring (bicyclic) bond motifs is 1. The van der Waals surface area contributed by atoms with Gasteiger partial charge in [-0.15, -0.1) is 0 Å². The van der Waals surface area contributed by atoms with Gasteiger partial charge in [0.2, 0.25) is 5.91 Å². The van der Waals surface area contributed by atoms with E-state index in [4.69, 9.17) is 26.2 Å². The number of primary amides is 1. The molecule has 0 aliphatic heterocycles. The van der Waals surface area contributed by atoms with Gasteiger partial charge in [-0.2, -0.15) is 0 Å². The normalized spacial score (nSPS) is 14.2. The minimum absolute atomic E-state index is 0.347. The quantitative estimate of drug-likeness (QED) is 0.234. The van der Waals surface area contributed by atoms with Gasteiger partial charge in [0.05, 0.1) is 16.8 Å². The summed E-state index contributed by atoms with van der Waals surface area (Å²) >= 11 is 0. The summed E-state index contributed by atoms with van der Waals surface area (Å²) in [6.45, 7) is 5.56. The highest BCUT2D eigenvalue weighted by Crippen LogP contribution is 2.42. The van der Waals surface area contributed by atoms with E-state index in [-0.39, 0.29) is 0 Å². The Balaban J connectivity index is 1.45. The van der Waals surface area contributed by atoms with E-state index in [1.165, 1.54) is 0 Å². The third-order valence-corrected chi connectivity index (χ3v) is 7.65. The molecule has 218 valence electrons. The molecule has 0 spiro atoms. The topological polar surface area (TPSA) is 151 Å². The summed E-state index contributed by atoms with van der Waals surface area (Å²) in [7, 11) is 0. The van der Waals surface area contributed by atoms with E-state index in [0.29, 0.717) is 39.6 Å². The number of pyridine rings is 2. The molecule has 5 aromatic rings. The van der Waals surface area contributed by atoms with Crippen LogP contribution in [0.4, 0.5) is 10.6 Å². The summed E-state index contributed by atoms with van der Waals surface area (Å²) in [5.74, 6) is 0.432. The number of hydrogen-bond donors (Lipinski definition) is 3. The number of rotatable bonds is 6. The molecule has 1 aliphatic carbocycles. The van der Waals surface area contributed by atoms with E-state index in [9.17, 15) is 9.59 Å². The molecule has 0 atom stereocenters. The highest BCUT2D eigenvalue weighted by molar-refractivity contribution is 5.94. The van der Waals surface area contributed by atoms with Crippen LogP contribution >= 0.6 is 0 Å². The Kier molecular flexibility index (Phi) is 6.84. The molecule has 43 heavy (non-hydrogen) atoms. The summed E-state index contributed by atoms with van der Waals surface area (Å²) in [5, 5.41) is 3.12. The molecule has 3 aromatic heterocycles. The molecule has 0 radical (unpaired) electrons. The Morgan fingerprint density at radius 2 is 1.74 bits per heavy atom. The monoisotopic (exact) mass is 575 g/mol. The fourth-order valence-corrected chi connectivity index (χ4v) is 5.43. The number of carbonyl (C=O) groups excluding carboxylic acids is 2. The maximum Gasteiger partial charge on any atom is 0.408 e. The zero-order valence-corrected chi connectivity index (χ0v) is 24.3. The lowest BCUT2D eigenvalue weighted by atomic mass is 9.72. The first-order valence-electron chi connectivity index (χ1n) is 14.2. The standard InChI is InChI=1S/C33H33N7O3/c1-32(2,3)43-31(42)39-33(16-6-17-33)22-10-12-23(13-11-22)40-29(24-9-5-18-36-27(24)34)38-26-15-14-25(37-30(26)40)20-7-4-8-21(19-20)28(35)41/h4-5,7-15,18-19H,6,16-17H2,1-3H3,(H2,34,36)(H2,35,41)(H,39,42). The molecule has 2 aromatic carbocycles. The van der Waals surface area contributed by atoms with Crippen LogP contribution in [0.25, 0.3) is 39.5 Å². The third-order valence-electron chi connectivity index (χ3n) is 7.65. The lowest BCUT2D eigenvalue weighted by Gasteiger charge is -2.43. The number of benzene rings is 2. The number of carbonyl (C=O) groups is 2. The maximum atomic E-state index is 12.7. The van der Waals surface area contributed by atoms with Crippen molar-refractivity contribution in [1.82, 2.24) is 24.8 Å². The lowest BCUT2D eigenvalue weighted by molar-refractivity contribution is 0.0377. The van der Waals surface area contributed by atoms with Gasteiger partial charge in [0.1, 0.15) is 16.9 Å². The molecule has 10 nitrogen and oxygen atoms in total. The van der Waals surface area contributed by atoms with Crippen LogP contribution in [0.2, 0.25) is 0 Å². The SMILES string of the molecule is CC(C)(C)OC(=O)NC1(c2ccc(-n3c(-c4cccnc4N)nc4ccc(-c5cccc(C(N)=O)c5)nc43)cc2)CCC1. The van der Waals surface area contributed by atoms with E-state index < -0.39 is 23.1 Å².